The average Bonchev–Trinajstić information content (AvgIpc) is 3.14. The van der Waals surface area contributed by atoms with Gasteiger partial charge in [0.1, 0.15) is 0 Å². The third-order valence-electron chi connectivity index (χ3n) is 5.55. The molecule has 2 N–H and O–H groups in total. The number of hydrogen-bond donors (Lipinski definition) is 1. The zero-order chi connectivity index (χ0) is 14.0. The number of ether oxygens (including phenoxy) is 1. The van der Waals surface area contributed by atoms with Crippen LogP contribution in [-0.2, 0) is 4.74 Å². The molecule has 0 radical (unpaired) electrons. The fraction of sp³-hybridized carbons (Fsp3) is 1.00. The molecule has 2 rings (SSSR count). The Labute approximate surface area is 118 Å². The van der Waals surface area contributed by atoms with Crippen LogP contribution < -0.4 is 5.73 Å². The molecule has 2 fully saturated rings. The Morgan fingerprint density at radius 1 is 1.21 bits per heavy atom. The lowest BCUT2D eigenvalue weighted by Gasteiger charge is -2.57. The highest BCUT2D eigenvalue weighted by atomic mass is 16.5. The predicted molar refractivity (Wildman–Crippen MR) is 80.1 cm³/mol. The summed E-state index contributed by atoms with van der Waals surface area (Å²) in [5, 5.41) is 0. The van der Waals surface area contributed by atoms with Crippen LogP contribution in [-0.4, -0.2) is 43.3 Å². The molecule has 1 unspecified atom stereocenters. The molecule has 112 valence electrons. The van der Waals surface area contributed by atoms with Crippen molar-refractivity contribution in [2.45, 2.75) is 58.0 Å². The standard InChI is InChI=1S/C16H32N2O/c1-12(2)15-9-16(10-15,11-17)18(7-8-19-4)13(3)14-5-6-14/h12-15H,5-11,17H2,1-4H3. The summed E-state index contributed by atoms with van der Waals surface area (Å²) in [6, 6.07) is 0.673. The summed E-state index contributed by atoms with van der Waals surface area (Å²) < 4.78 is 5.32. The molecule has 0 aromatic heterocycles. The molecule has 0 heterocycles. The summed E-state index contributed by atoms with van der Waals surface area (Å²) in [4.78, 5) is 2.69. The Bertz CT molecular complexity index is 282. The molecular weight excluding hydrogens is 236 g/mol. The van der Waals surface area contributed by atoms with E-state index >= 15 is 0 Å². The maximum absolute atomic E-state index is 6.18. The normalized spacial score (nSPS) is 32.7. The number of methoxy groups -OCH3 is 1. The number of nitrogens with two attached hydrogens (primary N) is 1. The van der Waals surface area contributed by atoms with Crippen molar-refractivity contribution in [3.8, 4) is 0 Å². The van der Waals surface area contributed by atoms with Crippen LogP contribution in [0.25, 0.3) is 0 Å². The van der Waals surface area contributed by atoms with Crippen molar-refractivity contribution in [2.24, 2.45) is 23.5 Å². The minimum Gasteiger partial charge on any atom is -0.383 e. The second kappa shape index (κ2) is 6.11. The first kappa shape index (κ1) is 15.3. The molecule has 3 heteroatoms. The van der Waals surface area contributed by atoms with E-state index in [9.17, 15) is 0 Å². The Morgan fingerprint density at radius 3 is 2.26 bits per heavy atom. The molecule has 0 aliphatic heterocycles. The van der Waals surface area contributed by atoms with Crippen molar-refractivity contribution >= 4 is 0 Å². The van der Waals surface area contributed by atoms with Gasteiger partial charge in [0.05, 0.1) is 6.61 Å². The lowest BCUT2D eigenvalue weighted by molar-refractivity contribution is -0.0690. The maximum atomic E-state index is 6.18. The first-order valence-corrected chi connectivity index (χ1v) is 8.00. The van der Waals surface area contributed by atoms with Gasteiger partial charge >= 0.3 is 0 Å². The molecule has 2 aliphatic carbocycles. The van der Waals surface area contributed by atoms with E-state index in [1.807, 2.05) is 0 Å². The van der Waals surface area contributed by atoms with Crippen molar-refractivity contribution < 1.29 is 4.74 Å². The SMILES string of the molecule is COCCN(C(C)C1CC1)C1(CN)CC(C(C)C)C1. The summed E-state index contributed by atoms with van der Waals surface area (Å²) in [6.07, 6.45) is 5.36. The van der Waals surface area contributed by atoms with Crippen LogP contribution >= 0.6 is 0 Å². The van der Waals surface area contributed by atoms with Gasteiger partial charge in [0, 0.05) is 31.8 Å². The fourth-order valence-electron chi connectivity index (χ4n) is 3.80. The quantitative estimate of drug-likeness (QED) is 0.735. The van der Waals surface area contributed by atoms with Gasteiger partial charge in [-0.1, -0.05) is 13.8 Å². The van der Waals surface area contributed by atoms with Crippen molar-refractivity contribution in [3.63, 3.8) is 0 Å². The number of rotatable bonds is 8. The van der Waals surface area contributed by atoms with Crippen LogP contribution in [0.15, 0.2) is 0 Å². The van der Waals surface area contributed by atoms with Crippen LogP contribution in [0.3, 0.4) is 0 Å². The second-order valence-electron chi connectivity index (χ2n) is 7.11. The zero-order valence-electron chi connectivity index (χ0n) is 13.2. The molecule has 0 aromatic carbocycles. The van der Waals surface area contributed by atoms with E-state index in [0.29, 0.717) is 6.04 Å². The van der Waals surface area contributed by atoms with Gasteiger partial charge in [-0.2, -0.15) is 0 Å². The van der Waals surface area contributed by atoms with Crippen molar-refractivity contribution in [1.82, 2.24) is 4.90 Å². The van der Waals surface area contributed by atoms with Gasteiger partial charge in [-0.05, 0) is 50.4 Å². The predicted octanol–water partition coefficient (Wildman–Crippen LogP) is 2.50. The van der Waals surface area contributed by atoms with E-state index in [2.05, 4.69) is 25.7 Å². The minimum absolute atomic E-state index is 0.259. The van der Waals surface area contributed by atoms with E-state index in [1.165, 1.54) is 25.7 Å². The van der Waals surface area contributed by atoms with Crippen molar-refractivity contribution in [2.75, 3.05) is 26.8 Å². The largest absolute Gasteiger partial charge is 0.383 e. The summed E-state index contributed by atoms with van der Waals surface area (Å²) >= 11 is 0. The Morgan fingerprint density at radius 2 is 1.84 bits per heavy atom. The third-order valence-corrected chi connectivity index (χ3v) is 5.55. The molecule has 0 amide bonds. The molecule has 0 bridgehead atoms. The molecule has 0 spiro atoms. The summed E-state index contributed by atoms with van der Waals surface area (Å²) in [5.41, 5.74) is 6.44. The van der Waals surface area contributed by atoms with Crippen molar-refractivity contribution in [3.05, 3.63) is 0 Å². The summed E-state index contributed by atoms with van der Waals surface area (Å²) in [5.74, 6) is 2.55. The van der Waals surface area contributed by atoms with Gasteiger partial charge < -0.3 is 10.5 Å². The molecular formula is C16H32N2O. The number of nitrogens with zero attached hydrogens (tertiary/aromatic N) is 1. The van der Waals surface area contributed by atoms with Crippen LogP contribution in [0.2, 0.25) is 0 Å². The average molecular weight is 268 g/mol. The van der Waals surface area contributed by atoms with Gasteiger partial charge in [0.25, 0.3) is 0 Å². The molecule has 0 saturated heterocycles. The smallest absolute Gasteiger partial charge is 0.0590 e. The van der Waals surface area contributed by atoms with Gasteiger partial charge in [-0.25, -0.2) is 0 Å². The highest BCUT2D eigenvalue weighted by Gasteiger charge is 2.51. The summed E-state index contributed by atoms with van der Waals surface area (Å²) in [6.45, 7) is 9.75. The topological polar surface area (TPSA) is 38.5 Å². The van der Waals surface area contributed by atoms with Crippen LogP contribution in [0, 0.1) is 17.8 Å². The lowest BCUT2D eigenvalue weighted by atomic mass is 9.62. The van der Waals surface area contributed by atoms with Crippen molar-refractivity contribution in [1.29, 1.82) is 0 Å². The highest BCUT2D eigenvalue weighted by molar-refractivity contribution is 5.06. The van der Waals surface area contributed by atoms with Crippen LogP contribution in [0.4, 0.5) is 0 Å². The second-order valence-corrected chi connectivity index (χ2v) is 7.11. The highest BCUT2D eigenvalue weighted by Crippen LogP contribution is 2.48. The fourth-order valence-corrected chi connectivity index (χ4v) is 3.80. The summed E-state index contributed by atoms with van der Waals surface area (Å²) in [7, 11) is 1.80. The van der Waals surface area contributed by atoms with E-state index in [4.69, 9.17) is 10.5 Å². The maximum Gasteiger partial charge on any atom is 0.0590 e. The number of hydrogen-bond acceptors (Lipinski definition) is 3. The first-order chi connectivity index (χ1) is 9.04. The molecule has 0 aromatic rings. The van der Waals surface area contributed by atoms with Gasteiger partial charge in [-0.15, -0.1) is 0 Å². The molecule has 19 heavy (non-hydrogen) atoms. The minimum atomic E-state index is 0.259. The van der Waals surface area contributed by atoms with E-state index in [1.54, 1.807) is 7.11 Å². The monoisotopic (exact) mass is 268 g/mol. The molecule has 1 atom stereocenters. The first-order valence-electron chi connectivity index (χ1n) is 8.00. The van der Waals surface area contributed by atoms with Gasteiger partial charge in [0.15, 0.2) is 0 Å². The Hall–Kier alpha value is -0.120. The van der Waals surface area contributed by atoms with E-state index in [0.717, 1.165) is 37.5 Å². The van der Waals surface area contributed by atoms with Crippen LogP contribution in [0.5, 0.6) is 0 Å². The van der Waals surface area contributed by atoms with E-state index in [-0.39, 0.29) is 5.54 Å². The Balaban J connectivity index is 2.02. The zero-order valence-corrected chi connectivity index (χ0v) is 13.2. The lowest BCUT2D eigenvalue weighted by Crippen LogP contribution is -2.65. The van der Waals surface area contributed by atoms with Gasteiger partial charge in [-0.3, -0.25) is 4.90 Å². The van der Waals surface area contributed by atoms with Gasteiger partial charge in [0.2, 0.25) is 0 Å². The Kier molecular flexibility index (Phi) is 4.91. The molecule has 2 saturated carbocycles. The van der Waals surface area contributed by atoms with E-state index < -0.39 is 0 Å². The van der Waals surface area contributed by atoms with Crippen LogP contribution in [0.1, 0.15) is 46.5 Å². The molecule has 2 aliphatic rings. The molecule has 3 nitrogen and oxygen atoms in total. The third kappa shape index (κ3) is 3.14.